The molecule has 1 N–H and O–H groups in total. The van der Waals surface area contributed by atoms with Gasteiger partial charge in [0.25, 0.3) is 0 Å². The zero-order valence-electron chi connectivity index (χ0n) is 11.4. The summed E-state index contributed by atoms with van der Waals surface area (Å²) in [6.07, 6.45) is 7.77. The van der Waals surface area contributed by atoms with E-state index in [0.29, 0.717) is 5.41 Å². The number of hydrogen-bond acceptors (Lipinski definition) is 2. The maximum Gasteiger partial charge on any atom is 0.120 e. The normalized spacial score (nSPS) is 23.6. The van der Waals surface area contributed by atoms with Gasteiger partial charge in [-0.15, -0.1) is 0 Å². The Kier molecular flexibility index (Phi) is 3.87. The van der Waals surface area contributed by atoms with Crippen molar-refractivity contribution in [2.45, 2.75) is 46.6 Å². The summed E-state index contributed by atoms with van der Waals surface area (Å²) >= 11 is 0. The molecule has 1 aromatic rings. The molecular weight excluding hydrogens is 210 g/mol. The van der Waals surface area contributed by atoms with Gasteiger partial charge in [0.2, 0.25) is 0 Å². The third-order valence-corrected chi connectivity index (χ3v) is 3.97. The molecule has 17 heavy (non-hydrogen) atoms. The van der Waals surface area contributed by atoms with Crippen LogP contribution >= 0.6 is 0 Å². The molecule has 3 nitrogen and oxygen atoms in total. The van der Waals surface area contributed by atoms with Crippen molar-refractivity contribution in [3.8, 4) is 0 Å². The number of aromatic amines is 1. The van der Waals surface area contributed by atoms with E-state index in [1.807, 2.05) is 12.4 Å². The summed E-state index contributed by atoms with van der Waals surface area (Å²) in [5.74, 6) is 1.96. The first-order chi connectivity index (χ1) is 8.05. The minimum absolute atomic E-state index is 0.459. The number of H-pyrrole nitrogens is 1. The van der Waals surface area contributed by atoms with E-state index in [0.717, 1.165) is 18.3 Å². The van der Waals surface area contributed by atoms with Crippen LogP contribution < -0.4 is 0 Å². The fraction of sp³-hybridized carbons (Fsp3) is 0.786. The lowest BCUT2D eigenvalue weighted by atomic mass is 9.77. The van der Waals surface area contributed by atoms with E-state index < -0.39 is 0 Å². The van der Waals surface area contributed by atoms with Gasteiger partial charge in [0, 0.05) is 12.4 Å². The van der Waals surface area contributed by atoms with Crippen LogP contribution in [0.15, 0.2) is 12.4 Å². The van der Waals surface area contributed by atoms with E-state index in [4.69, 9.17) is 0 Å². The molecule has 0 saturated carbocycles. The maximum atomic E-state index is 4.31. The molecule has 1 atom stereocenters. The van der Waals surface area contributed by atoms with Crippen molar-refractivity contribution < 1.29 is 0 Å². The molecular formula is C14H25N3. The fourth-order valence-electron chi connectivity index (χ4n) is 2.78. The molecule has 2 rings (SSSR count). The molecule has 0 amide bonds. The summed E-state index contributed by atoms with van der Waals surface area (Å²) < 4.78 is 0. The summed E-state index contributed by atoms with van der Waals surface area (Å²) in [7, 11) is 0. The van der Waals surface area contributed by atoms with Crippen molar-refractivity contribution in [3.63, 3.8) is 0 Å². The second kappa shape index (κ2) is 5.21. The van der Waals surface area contributed by atoms with Gasteiger partial charge in [-0.3, -0.25) is 4.90 Å². The third-order valence-electron chi connectivity index (χ3n) is 3.97. The van der Waals surface area contributed by atoms with Crippen molar-refractivity contribution in [1.29, 1.82) is 0 Å². The molecule has 0 aliphatic carbocycles. The summed E-state index contributed by atoms with van der Waals surface area (Å²) in [5, 5.41) is 0. The van der Waals surface area contributed by atoms with Crippen molar-refractivity contribution in [1.82, 2.24) is 14.9 Å². The lowest BCUT2D eigenvalue weighted by Crippen LogP contribution is -2.26. The van der Waals surface area contributed by atoms with Gasteiger partial charge in [-0.2, -0.15) is 0 Å². The second-order valence-corrected chi connectivity index (χ2v) is 6.31. The van der Waals surface area contributed by atoms with Crippen molar-refractivity contribution >= 4 is 0 Å². The van der Waals surface area contributed by atoms with E-state index in [1.165, 1.54) is 32.4 Å². The first kappa shape index (κ1) is 12.6. The molecule has 1 aromatic heterocycles. The molecule has 2 heterocycles. The Morgan fingerprint density at radius 3 is 2.82 bits per heavy atom. The van der Waals surface area contributed by atoms with E-state index in [-0.39, 0.29) is 0 Å². The Morgan fingerprint density at radius 2 is 2.18 bits per heavy atom. The largest absolute Gasteiger partial charge is 0.348 e. The molecule has 0 bridgehead atoms. The Labute approximate surface area is 105 Å². The van der Waals surface area contributed by atoms with Crippen LogP contribution in [0.5, 0.6) is 0 Å². The minimum atomic E-state index is 0.459. The highest BCUT2D eigenvalue weighted by atomic mass is 15.1. The quantitative estimate of drug-likeness (QED) is 0.854. The lowest BCUT2D eigenvalue weighted by Gasteiger charge is -2.29. The first-order valence-electron chi connectivity index (χ1n) is 6.76. The molecule has 3 heteroatoms. The van der Waals surface area contributed by atoms with Gasteiger partial charge in [0.1, 0.15) is 5.82 Å². The molecule has 0 radical (unpaired) electrons. The predicted octanol–water partition coefficient (Wildman–Crippen LogP) is 3.06. The number of likely N-dealkylation sites (tertiary alicyclic amines) is 1. The van der Waals surface area contributed by atoms with Crippen molar-refractivity contribution in [2.24, 2.45) is 11.3 Å². The highest BCUT2D eigenvalue weighted by Crippen LogP contribution is 2.34. The number of nitrogens with one attached hydrogen (secondary N) is 1. The second-order valence-electron chi connectivity index (χ2n) is 6.31. The smallest absolute Gasteiger partial charge is 0.120 e. The Hall–Kier alpha value is -0.830. The molecule has 1 aliphatic heterocycles. The Balaban J connectivity index is 1.88. The van der Waals surface area contributed by atoms with E-state index >= 15 is 0 Å². The average Bonchev–Trinajstić information content (AvgIpc) is 2.61. The average molecular weight is 235 g/mol. The third kappa shape index (κ3) is 3.56. The van der Waals surface area contributed by atoms with Crippen LogP contribution in [0.3, 0.4) is 0 Å². The zero-order chi connectivity index (χ0) is 12.3. The summed E-state index contributed by atoms with van der Waals surface area (Å²) in [4.78, 5) is 10.0. The van der Waals surface area contributed by atoms with Gasteiger partial charge in [-0.05, 0) is 43.7 Å². The van der Waals surface area contributed by atoms with Gasteiger partial charge < -0.3 is 4.98 Å². The summed E-state index contributed by atoms with van der Waals surface area (Å²) in [6.45, 7) is 10.5. The topological polar surface area (TPSA) is 31.9 Å². The van der Waals surface area contributed by atoms with Crippen LogP contribution in [0.1, 0.15) is 45.9 Å². The standard InChI is InChI=1S/C14H25N3/c1-14(2,3)12-5-4-9-17(10-6-12)11-13-15-7-8-16-13/h7-8,12H,4-6,9-11H2,1-3H3,(H,15,16)/t12-/m1/s1. The van der Waals surface area contributed by atoms with Crippen molar-refractivity contribution in [2.75, 3.05) is 13.1 Å². The zero-order valence-corrected chi connectivity index (χ0v) is 11.4. The Morgan fingerprint density at radius 1 is 1.35 bits per heavy atom. The van der Waals surface area contributed by atoms with Crippen LogP contribution in [0.4, 0.5) is 0 Å². The minimum Gasteiger partial charge on any atom is -0.348 e. The number of rotatable bonds is 2. The van der Waals surface area contributed by atoms with Gasteiger partial charge in [0.15, 0.2) is 0 Å². The molecule has 0 spiro atoms. The van der Waals surface area contributed by atoms with Crippen LogP contribution in [0.2, 0.25) is 0 Å². The van der Waals surface area contributed by atoms with Gasteiger partial charge in [0.05, 0.1) is 6.54 Å². The van der Waals surface area contributed by atoms with Crippen LogP contribution in [0, 0.1) is 11.3 Å². The van der Waals surface area contributed by atoms with Crippen LogP contribution in [-0.4, -0.2) is 28.0 Å². The van der Waals surface area contributed by atoms with Crippen LogP contribution in [-0.2, 0) is 6.54 Å². The van der Waals surface area contributed by atoms with Gasteiger partial charge in [-0.1, -0.05) is 20.8 Å². The van der Waals surface area contributed by atoms with Gasteiger partial charge >= 0.3 is 0 Å². The van der Waals surface area contributed by atoms with Crippen molar-refractivity contribution in [3.05, 3.63) is 18.2 Å². The molecule has 96 valence electrons. The van der Waals surface area contributed by atoms with Gasteiger partial charge in [-0.25, -0.2) is 4.98 Å². The lowest BCUT2D eigenvalue weighted by molar-refractivity contribution is 0.205. The van der Waals surface area contributed by atoms with Crippen LogP contribution in [0.25, 0.3) is 0 Å². The fourth-order valence-corrected chi connectivity index (χ4v) is 2.78. The molecule has 1 aliphatic rings. The predicted molar refractivity (Wildman–Crippen MR) is 70.7 cm³/mol. The molecule has 0 aromatic carbocycles. The number of nitrogens with zero attached hydrogens (tertiary/aromatic N) is 2. The summed E-state index contributed by atoms with van der Waals surface area (Å²) in [5.41, 5.74) is 0.459. The Bertz CT molecular complexity index is 324. The van der Waals surface area contributed by atoms with E-state index in [1.54, 1.807) is 0 Å². The molecule has 0 unspecified atom stereocenters. The van der Waals surface area contributed by atoms with E-state index in [9.17, 15) is 0 Å². The highest BCUT2D eigenvalue weighted by Gasteiger charge is 2.27. The maximum absolute atomic E-state index is 4.31. The first-order valence-corrected chi connectivity index (χ1v) is 6.76. The highest BCUT2D eigenvalue weighted by molar-refractivity contribution is 4.88. The summed E-state index contributed by atoms with van der Waals surface area (Å²) in [6, 6.07) is 0. The number of hydrogen-bond donors (Lipinski definition) is 1. The SMILES string of the molecule is CC(C)(C)[C@@H]1CCCN(Cc2ncc[nH]2)CC1. The number of aromatic nitrogens is 2. The molecule has 1 fully saturated rings. The monoisotopic (exact) mass is 235 g/mol. The number of imidazole rings is 1. The van der Waals surface area contributed by atoms with E-state index in [2.05, 4.69) is 35.6 Å². The molecule has 1 saturated heterocycles.